The van der Waals surface area contributed by atoms with Gasteiger partial charge in [0.25, 0.3) is 0 Å². The fourth-order valence-corrected chi connectivity index (χ4v) is 1.08. The lowest BCUT2D eigenvalue weighted by Gasteiger charge is -2.04. The summed E-state index contributed by atoms with van der Waals surface area (Å²) in [7, 11) is 1.54. The van der Waals surface area contributed by atoms with E-state index in [1.165, 1.54) is 0 Å². The van der Waals surface area contributed by atoms with Gasteiger partial charge in [0.05, 0.1) is 7.11 Å². The third-order valence-electron chi connectivity index (χ3n) is 1.85. The normalized spacial score (nSPS) is 10.1. The van der Waals surface area contributed by atoms with Crippen molar-refractivity contribution < 1.29 is 9.84 Å². The first kappa shape index (κ1) is 9.92. The van der Waals surface area contributed by atoms with Crippen LogP contribution < -0.4 is 4.74 Å². The number of ether oxygens (including phenoxy) is 1. The number of methoxy groups -OCH3 is 1. The van der Waals surface area contributed by atoms with Crippen molar-refractivity contribution in [3.63, 3.8) is 0 Å². The molecule has 0 aromatic carbocycles. The van der Waals surface area contributed by atoms with Crippen LogP contribution in [-0.4, -0.2) is 28.8 Å². The second kappa shape index (κ2) is 4.77. The summed E-state index contributed by atoms with van der Waals surface area (Å²) in [6.07, 6.45) is 3.31. The van der Waals surface area contributed by atoms with Crippen molar-refractivity contribution in [1.82, 2.24) is 9.97 Å². The van der Waals surface area contributed by atoms with Crippen molar-refractivity contribution in [3.8, 4) is 6.01 Å². The van der Waals surface area contributed by atoms with Gasteiger partial charge in [0.2, 0.25) is 0 Å². The average Bonchev–Trinajstić information content (AvgIpc) is 2.16. The molecule has 0 saturated carbocycles. The van der Waals surface area contributed by atoms with Gasteiger partial charge in [-0.2, -0.15) is 0 Å². The quantitative estimate of drug-likeness (QED) is 0.745. The molecule has 0 amide bonds. The van der Waals surface area contributed by atoms with Crippen LogP contribution in [0.1, 0.15) is 17.7 Å². The van der Waals surface area contributed by atoms with E-state index >= 15 is 0 Å². The van der Waals surface area contributed by atoms with Gasteiger partial charge in [0, 0.05) is 18.5 Å². The first-order valence-corrected chi connectivity index (χ1v) is 4.25. The summed E-state index contributed by atoms with van der Waals surface area (Å²) in [6.45, 7) is 2.11. The Morgan fingerprint density at radius 2 is 2.31 bits per heavy atom. The van der Waals surface area contributed by atoms with Gasteiger partial charge in [-0.15, -0.1) is 0 Å². The molecule has 4 heteroatoms. The highest BCUT2D eigenvalue weighted by Crippen LogP contribution is 2.09. The van der Waals surface area contributed by atoms with Gasteiger partial charge in [0.15, 0.2) is 0 Å². The predicted octanol–water partition coefficient (Wildman–Crippen LogP) is 0.719. The van der Waals surface area contributed by atoms with Gasteiger partial charge < -0.3 is 9.84 Å². The Balaban J connectivity index is 2.73. The zero-order valence-electron chi connectivity index (χ0n) is 7.95. The lowest BCUT2D eigenvalue weighted by atomic mass is 10.1. The molecule has 0 aliphatic carbocycles. The molecule has 0 radical (unpaired) electrons. The molecule has 0 spiro atoms. The maximum atomic E-state index is 8.65. The van der Waals surface area contributed by atoms with Crippen LogP contribution in [0.3, 0.4) is 0 Å². The Morgan fingerprint density at radius 1 is 1.54 bits per heavy atom. The van der Waals surface area contributed by atoms with Gasteiger partial charge in [0.1, 0.15) is 0 Å². The lowest BCUT2D eigenvalue weighted by Crippen LogP contribution is -1.99. The monoisotopic (exact) mass is 182 g/mol. The van der Waals surface area contributed by atoms with E-state index in [9.17, 15) is 0 Å². The first-order valence-electron chi connectivity index (χ1n) is 4.25. The zero-order chi connectivity index (χ0) is 9.68. The van der Waals surface area contributed by atoms with Crippen molar-refractivity contribution in [2.75, 3.05) is 13.7 Å². The molecule has 13 heavy (non-hydrogen) atoms. The highest BCUT2D eigenvalue weighted by atomic mass is 16.5. The van der Waals surface area contributed by atoms with E-state index in [-0.39, 0.29) is 6.61 Å². The Bertz CT molecular complexity index is 276. The van der Waals surface area contributed by atoms with Crippen LogP contribution in [0.25, 0.3) is 0 Å². The summed E-state index contributed by atoms with van der Waals surface area (Å²) in [5.74, 6) is 0. The predicted molar refractivity (Wildman–Crippen MR) is 48.7 cm³/mol. The molecule has 0 unspecified atom stereocenters. The fraction of sp³-hybridized carbons (Fsp3) is 0.556. The van der Waals surface area contributed by atoms with Crippen LogP contribution in [0.15, 0.2) is 6.20 Å². The molecule has 0 aliphatic rings. The minimum atomic E-state index is 0.200. The fourth-order valence-electron chi connectivity index (χ4n) is 1.08. The molecule has 72 valence electrons. The Kier molecular flexibility index (Phi) is 3.64. The Morgan fingerprint density at radius 3 is 2.85 bits per heavy atom. The molecule has 0 fully saturated rings. The summed E-state index contributed by atoms with van der Waals surface area (Å²) in [5.41, 5.74) is 1.98. The van der Waals surface area contributed by atoms with Crippen molar-refractivity contribution >= 4 is 0 Å². The summed E-state index contributed by atoms with van der Waals surface area (Å²) >= 11 is 0. The molecule has 4 nitrogen and oxygen atoms in total. The van der Waals surface area contributed by atoms with Crippen LogP contribution in [0.5, 0.6) is 6.01 Å². The summed E-state index contributed by atoms with van der Waals surface area (Å²) in [6, 6.07) is 0.394. The molecular formula is C9H14N2O2. The number of aliphatic hydroxyl groups is 1. The van der Waals surface area contributed by atoms with Gasteiger partial charge in [-0.05, 0) is 25.3 Å². The van der Waals surface area contributed by atoms with E-state index in [1.807, 2.05) is 6.92 Å². The molecule has 1 rings (SSSR count). The largest absolute Gasteiger partial charge is 0.467 e. The lowest BCUT2D eigenvalue weighted by molar-refractivity contribution is 0.288. The number of aryl methyl sites for hydroxylation is 2. The summed E-state index contributed by atoms with van der Waals surface area (Å²) < 4.78 is 4.88. The number of nitrogens with zero attached hydrogens (tertiary/aromatic N) is 2. The maximum absolute atomic E-state index is 8.65. The first-order chi connectivity index (χ1) is 6.27. The Hall–Kier alpha value is -1.16. The molecule has 0 aliphatic heterocycles. The molecule has 0 saturated heterocycles. The van der Waals surface area contributed by atoms with Gasteiger partial charge in [-0.3, -0.25) is 0 Å². The number of rotatable bonds is 4. The smallest absolute Gasteiger partial charge is 0.316 e. The minimum absolute atomic E-state index is 0.200. The Labute approximate surface area is 77.6 Å². The standard InChI is InChI=1S/C9H14N2O2/c1-7-8(4-3-5-12)6-10-9(11-7)13-2/h6,12H,3-5H2,1-2H3. The highest BCUT2D eigenvalue weighted by molar-refractivity contribution is 5.17. The van der Waals surface area contributed by atoms with Crippen LogP contribution >= 0.6 is 0 Å². The topological polar surface area (TPSA) is 55.2 Å². The number of hydrogen-bond donors (Lipinski definition) is 1. The zero-order valence-corrected chi connectivity index (χ0v) is 7.95. The number of aliphatic hydroxyl groups excluding tert-OH is 1. The molecule has 1 heterocycles. The van der Waals surface area contributed by atoms with Crippen molar-refractivity contribution in [2.24, 2.45) is 0 Å². The van der Waals surface area contributed by atoms with Crippen LogP contribution in [0, 0.1) is 6.92 Å². The van der Waals surface area contributed by atoms with Crippen molar-refractivity contribution in [2.45, 2.75) is 19.8 Å². The van der Waals surface area contributed by atoms with Crippen LogP contribution in [-0.2, 0) is 6.42 Å². The molecule has 0 bridgehead atoms. The van der Waals surface area contributed by atoms with E-state index in [0.29, 0.717) is 6.01 Å². The molecule has 1 aromatic heterocycles. The maximum Gasteiger partial charge on any atom is 0.316 e. The minimum Gasteiger partial charge on any atom is -0.467 e. The van der Waals surface area contributed by atoms with E-state index in [0.717, 1.165) is 24.1 Å². The third kappa shape index (κ3) is 2.66. The number of hydrogen-bond acceptors (Lipinski definition) is 4. The summed E-state index contributed by atoms with van der Waals surface area (Å²) in [5, 5.41) is 8.65. The molecular weight excluding hydrogens is 168 g/mol. The molecule has 1 N–H and O–H groups in total. The van der Waals surface area contributed by atoms with Crippen LogP contribution in [0.4, 0.5) is 0 Å². The molecule has 1 aromatic rings. The SMILES string of the molecule is COc1ncc(CCCO)c(C)n1. The third-order valence-corrected chi connectivity index (χ3v) is 1.85. The van der Waals surface area contributed by atoms with E-state index in [4.69, 9.17) is 9.84 Å². The molecule has 0 atom stereocenters. The van der Waals surface area contributed by atoms with E-state index in [1.54, 1.807) is 13.3 Å². The van der Waals surface area contributed by atoms with Gasteiger partial charge in [-0.25, -0.2) is 9.97 Å². The van der Waals surface area contributed by atoms with Crippen molar-refractivity contribution in [3.05, 3.63) is 17.5 Å². The van der Waals surface area contributed by atoms with E-state index in [2.05, 4.69) is 9.97 Å². The van der Waals surface area contributed by atoms with Crippen molar-refractivity contribution in [1.29, 1.82) is 0 Å². The number of aromatic nitrogens is 2. The van der Waals surface area contributed by atoms with Gasteiger partial charge >= 0.3 is 6.01 Å². The second-order valence-corrected chi connectivity index (χ2v) is 2.79. The van der Waals surface area contributed by atoms with E-state index < -0.39 is 0 Å². The van der Waals surface area contributed by atoms with Crippen LogP contribution in [0.2, 0.25) is 0 Å². The second-order valence-electron chi connectivity index (χ2n) is 2.79. The highest BCUT2D eigenvalue weighted by Gasteiger charge is 2.02. The summed E-state index contributed by atoms with van der Waals surface area (Å²) in [4.78, 5) is 8.13. The average molecular weight is 182 g/mol. The van der Waals surface area contributed by atoms with Gasteiger partial charge in [-0.1, -0.05) is 0 Å².